The van der Waals surface area contributed by atoms with Gasteiger partial charge in [-0.3, -0.25) is 14.6 Å². The molecule has 6 heteroatoms. The van der Waals surface area contributed by atoms with Crippen LogP contribution in [0.2, 0.25) is 0 Å². The second-order valence-corrected chi connectivity index (χ2v) is 4.03. The monoisotopic (exact) mass is 241 g/mol. The molecule has 0 bridgehead atoms. The van der Waals surface area contributed by atoms with E-state index >= 15 is 0 Å². The Hall–Kier alpha value is -2.63. The van der Waals surface area contributed by atoms with Gasteiger partial charge in [-0.1, -0.05) is 0 Å². The summed E-state index contributed by atoms with van der Waals surface area (Å²) in [7, 11) is 1.77. The molecule has 0 aliphatic carbocycles. The average molecular weight is 241 g/mol. The average Bonchev–Trinajstić information content (AvgIpc) is 2.96. The van der Waals surface area contributed by atoms with Crippen LogP contribution in [0, 0.1) is 0 Å². The van der Waals surface area contributed by atoms with Crippen LogP contribution in [0.1, 0.15) is 10.4 Å². The maximum Gasteiger partial charge on any atom is 0.258 e. The number of hydrogen-bond acceptors (Lipinski definition) is 3. The first-order valence-electron chi connectivity index (χ1n) is 5.45. The van der Waals surface area contributed by atoms with E-state index in [9.17, 15) is 4.79 Å². The predicted molar refractivity (Wildman–Crippen MR) is 67.3 cm³/mol. The van der Waals surface area contributed by atoms with Gasteiger partial charge in [-0.25, -0.2) is 0 Å². The molecule has 1 aromatic carbocycles. The first kappa shape index (κ1) is 10.5. The number of carbonyl (C=O) groups excluding carboxylic acids is 1. The van der Waals surface area contributed by atoms with E-state index in [4.69, 9.17) is 0 Å². The van der Waals surface area contributed by atoms with Crippen molar-refractivity contribution in [1.29, 1.82) is 0 Å². The molecule has 0 unspecified atom stereocenters. The van der Waals surface area contributed by atoms with Crippen LogP contribution in [-0.2, 0) is 7.05 Å². The number of rotatable bonds is 2. The molecule has 0 aliphatic heterocycles. The number of hydrogen-bond donors (Lipinski definition) is 2. The lowest BCUT2D eigenvalue weighted by molar-refractivity contribution is 0.102. The number of nitrogens with one attached hydrogen (secondary N) is 2. The molecule has 0 saturated heterocycles. The number of carbonyl (C=O) groups is 1. The summed E-state index contributed by atoms with van der Waals surface area (Å²) in [5, 5.41) is 14.6. The fourth-order valence-corrected chi connectivity index (χ4v) is 1.76. The molecule has 6 nitrogen and oxygen atoms in total. The van der Waals surface area contributed by atoms with Gasteiger partial charge in [0.15, 0.2) is 0 Å². The van der Waals surface area contributed by atoms with E-state index in [0.717, 1.165) is 16.6 Å². The van der Waals surface area contributed by atoms with Crippen LogP contribution >= 0.6 is 0 Å². The van der Waals surface area contributed by atoms with Crippen LogP contribution in [0.25, 0.3) is 10.9 Å². The van der Waals surface area contributed by atoms with Crippen LogP contribution < -0.4 is 5.32 Å². The Bertz CT molecular complexity index is 712. The van der Waals surface area contributed by atoms with E-state index in [2.05, 4.69) is 20.6 Å². The van der Waals surface area contributed by atoms with Gasteiger partial charge in [-0.2, -0.15) is 10.2 Å². The standard InChI is InChI=1S/C12H11N5O/c1-17-7-9(6-14-17)12(18)15-10-3-2-8-5-13-16-11(8)4-10/h2-7H,1H3,(H,13,16)(H,15,18). The lowest BCUT2D eigenvalue weighted by Gasteiger charge is -2.03. The minimum Gasteiger partial charge on any atom is -0.322 e. The second-order valence-electron chi connectivity index (χ2n) is 4.03. The first-order chi connectivity index (χ1) is 8.72. The minimum absolute atomic E-state index is 0.179. The summed E-state index contributed by atoms with van der Waals surface area (Å²) in [5.74, 6) is -0.179. The van der Waals surface area contributed by atoms with Gasteiger partial charge in [0.2, 0.25) is 0 Å². The Morgan fingerprint density at radius 2 is 2.28 bits per heavy atom. The molecular formula is C12H11N5O. The van der Waals surface area contributed by atoms with Crippen molar-refractivity contribution in [3.63, 3.8) is 0 Å². The Morgan fingerprint density at radius 1 is 1.39 bits per heavy atom. The van der Waals surface area contributed by atoms with Crippen LogP contribution in [0.3, 0.4) is 0 Å². The summed E-state index contributed by atoms with van der Waals surface area (Å²) in [6.07, 6.45) is 4.94. The zero-order chi connectivity index (χ0) is 12.5. The van der Waals surface area contributed by atoms with E-state index in [-0.39, 0.29) is 5.91 Å². The van der Waals surface area contributed by atoms with Crippen LogP contribution in [-0.4, -0.2) is 25.9 Å². The normalized spacial score (nSPS) is 10.7. The van der Waals surface area contributed by atoms with E-state index in [1.807, 2.05) is 18.2 Å². The fraction of sp³-hybridized carbons (Fsp3) is 0.0833. The topological polar surface area (TPSA) is 75.6 Å². The third kappa shape index (κ3) is 1.84. The summed E-state index contributed by atoms with van der Waals surface area (Å²) < 4.78 is 1.59. The van der Waals surface area contributed by atoms with Gasteiger partial charge in [0.25, 0.3) is 5.91 Å². The Morgan fingerprint density at radius 3 is 3.06 bits per heavy atom. The molecule has 3 rings (SSSR count). The largest absolute Gasteiger partial charge is 0.322 e. The highest BCUT2D eigenvalue weighted by atomic mass is 16.1. The van der Waals surface area contributed by atoms with Crippen LogP contribution in [0.5, 0.6) is 0 Å². The molecule has 1 amide bonds. The molecule has 2 aromatic heterocycles. The molecule has 0 atom stereocenters. The quantitative estimate of drug-likeness (QED) is 0.714. The number of H-pyrrole nitrogens is 1. The van der Waals surface area contributed by atoms with E-state index in [1.54, 1.807) is 24.1 Å². The molecule has 0 spiro atoms. The van der Waals surface area contributed by atoms with Crippen molar-refractivity contribution in [3.8, 4) is 0 Å². The lowest BCUT2D eigenvalue weighted by atomic mass is 10.2. The van der Waals surface area contributed by atoms with Crippen molar-refractivity contribution in [2.75, 3.05) is 5.32 Å². The third-order valence-corrected chi connectivity index (χ3v) is 2.67. The summed E-state index contributed by atoms with van der Waals surface area (Å²) in [4.78, 5) is 11.9. The molecule has 2 heterocycles. The molecule has 2 N–H and O–H groups in total. The molecule has 0 radical (unpaired) electrons. The Balaban J connectivity index is 1.85. The highest BCUT2D eigenvalue weighted by Crippen LogP contribution is 2.17. The van der Waals surface area contributed by atoms with E-state index in [0.29, 0.717) is 5.56 Å². The van der Waals surface area contributed by atoms with Gasteiger partial charge in [-0.15, -0.1) is 0 Å². The van der Waals surface area contributed by atoms with Crippen molar-refractivity contribution < 1.29 is 4.79 Å². The highest BCUT2D eigenvalue weighted by molar-refractivity contribution is 6.04. The van der Waals surface area contributed by atoms with Crippen LogP contribution in [0.15, 0.2) is 36.8 Å². The van der Waals surface area contributed by atoms with Crippen LogP contribution in [0.4, 0.5) is 5.69 Å². The maximum absolute atomic E-state index is 11.9. The van der Waals surface area contributed by atoms with Gasteiger partial charge in [-0.05, 0) is 18.2 Å². The van der Waals surface area contributed by atoms with Crippen molar-refractivity contribution in [3.05, 3.63) is 42.4 Å². The number of aromatic amines is 1. The third-order valence-electron chi connectivity index (χ3n) is 2.67. The molecule has 0 saturated carbocycles. The van der Waals surface area contributed by atoms with Crippen molar-refractivity contribution in [2.24, 2.45) is 7.05 Å². The van der Waals surface area contributed by atoms with Crippen molar-refractivity contribution >= 4 is 22.5 Å². The van der Waals surface area contributed by atoms with Crippen molar-refractivity contribution in [2.45, 2.75) is 0 Å². The zero-order valence-electron chi connectivity index (χ0n) is 9.71. The number of aryl methyl sites for hydroxylation is 1. The summed E-state index contributed by atoms with van der Waals surface area (Å²) in [5.41, 5.74) is 2.14. The predicted octanol–water partition coefficient (Wildman–Crippen LogP) is 1.55. The van der Waals surface area contributed by atoms with E-state index < -0.39 is 0 Å². The number of nitrogens with zero attached hydrogens (tertiary/aromatic N) is 3. The van der Waals surface area contributed by atoms with Crippen molar-refractivity contribution in [1.82, 2.24) is 20.0 Å². The molecule has 18 heavy (non-hydrogen) atoms. The number of aromatic nitrogens is 4. The smallest absolute Gasteiger partial charge is 0.258 e. The molecule has 3 aromatic rings. The summed E-state index contributed by atoms with van der Waals surface area (Å²) >= 11 is 0. The lowest BCUT2D eigenvalue weighted by Crippen LogP contribution is -2.10. The summed E-state index contributed by atoms with van der Waals surface area (Å²) in [6, 6.07) is 5.58. The molecule has 90 valence electrons. The van der Waals surface area contributed by atoms with Gasteiger partial charge in [0, 0.05) is 24.3 Å². The number of amides is 1. The van der Waals surface area contributed by atoms with Gasteiger partial charge >= 0.3 is 0 Å². The zero-order valence-corrected chi connectivity index (χ0v) is 9.71. The number of anilines is 1. The Kier molecular flexibility index (Phi) is 2.33. The van der Waals surface area contributed by atoms with Gasteiger partial charge in [0.1, 0.15) is 0 Å². The van der Waals surface area contributed by atoms with Gasteiger partial charge < -0.3 is 5.32 Å². The summed E-state index contributed by atoms with van der Waals surface area (Å²) in [6.45, 7) is 0. The molecule has 0 aliphatic rings. The highest BCUT2D eigenvalue weighted by Gasteiger charge is 2.08. The minimum atomic E-state index is -0.179. The number of fused-ring (bicyclic) bond motifs is 1. The Labute approximate surface area is 103 Å². The van der Waals surface area contributed by atoms with E-state index in [1.165, 1.54) is 6.20 Å². The van der Waals surface area contributed by atoms with Gasteiger partial charge in [0.05, 0.1) is 23.5 Å². The maximum atomic E-state index is 11.9. The molecule has 0 fully saturated rings. The SMILES string of the molecule is Cn1cc(C(=O)Nc2ccc3cn[nH]c3c2)cn1. The molecular weight excluding hydrogens is 230 g/mol. The fourth-order valence-electron chi connectivity index (χ4n) is 1.76. The first-order valence-corrected chi connectivity index (χ1v) is 5.45. The number of benzene rings is 1. The second kappa shape index (κ2) is 3.99.